The van der Waals surface area contributed by atoms with Crippen LogP contribution in [0.2, 0.25) is 0 Å². The lowest BCUT2D eigenvalue weighted by Crippen LogP contribution is -2.62. The second-order valence-electron chi connectivity index (χ2n) is 12.8. The summed E-state index contributed by atoms with van der Waals surface area (Å²) in [5.41, 5.74) is -1.17. The van der Waals surface area contributed by atoms with Crippen LogP contribution in [-0.2, 0) is 23.7 Å². The standard InChI is InChI=1S/C36H36O19/c1-13-26(44)30(48)34(54-24(43)7-3-14-2-5-17(38)19(40)8-14)36(51-13)50-12-23-27(45)29(47)31(49)35(53-23)55-33-28(46)25-21(42)10-16(37)11-22(25)52-32(33)15-4-6-18(39)20(41)9-15/h2-11,13,23,26-27,29-31,34-42,44-45,47-49H,12H2,1H3/b7-3+/t13-,23+,26-,27+,29-,30+,31+,34+,35-,36+/m0/s1. The fraction of sp³-hybridized carbons (Fsp3) is 0.333. The van der Waals surface area contributed by atoms with E-state index in [1.807, 2.05) is 0 Å². The summed E-state index contributed by atoms with van der Waals surface area (Å²) in [5.74, 6) is -5.44. The normalized spacial score (nSPS) is 28.3. The van der Waals surface area contributed by atoms with Crippen molar-refractivity contribution in [2.75, 3.05) is 6.61 Å². The molecule has 10 atom stereocenters. The SMILES string of the molecule is C[C@@H]1O[C@@H](OC[C@H]2O[C@@H](Oc3c(-c4ccc(O)c(O)c4)oc4cc(O)cc(O)c4c3=O)[C@H](O)[C@@H](O)[C@@H]2O)[C@H](OC(=O)/C=C/c2ccc(O)c(O)c2)[C@H](O)[C@H]1O. The highest BCUT2D eigenvalue weighted by Gasteiger charge is 2.49. The molecule has 0 radical (unpaired) electrons. The number of phenolic OH excluding ortho intramolecular Hbond substituents is 6. The van der Waals surface area contributed by atoms with E-state index in [-0.39, 0.29) is 11.1 Å². The van der Waals surface area contributed by atoms with Gasteiger partial charge in [0.2, 0.25) is 17.5 Å². The Morgan fingerprint density at radius 2 is 1.44 bits per heavy atom. The molecular formula is C36H36O19. The average molecular weight is 773 g/mol. The Labute approximate surface area is 308 Å². The Hall–Kier alpha value is -5.64. The molecule has 0 aliphatic carbocycles. The van der Waals surface area contributed by atoms with Crippen molar-refractivity contribution in [1.29, 1.82) is 0 Å². The number of benzene rings is 3. The fourth-order valence-electron chi connectivity index (χ4n) is 5.93. The highest BCUT2D eigenvalue weighted by atomic mass is 16.7. The van der Waals surface area contributed by atoms with Crippen molar-refractivity contribution in [3.63, 3.8) is 0 Å². The minimum Gasteiger partial charge on any atom is -0.508 e. The highest BCUT2D eigenvalue weighted by molar-refractivity contribution is 5.89. The van der Waals surface area contributed by atoms with Gasteiger partial charge in [0.15, 0.2) is 41.2 Å². The molecule has 4 aromatic rings. The maximum atomic E-state index is 13.8. The van der Waals surface area contributed by atoms with Crippen molar-refractivity contribution >= 4 is 23.0 Å². The Morgan fingerprint density at radius 1 is 0.745 bits per heavy atom. The fourth-order valence-corrected chi connectivity index (χ4v) is 5.93. The van der Waals surface area contributed by atoms with Gasteiger partial charge in [0, 0.05) is 23.8 Å². The molecule has 2 aliphatic heterocycles. The van der Waals surface area contributed by atoms with Gasteiger partial charge in [-0.2, -0.15) is 0 Å². The molecule has 294 valence electrons. The maximum absolute atomic E-state index is 13.8. The van der Waals surface area contributed by atoms with Crippen LogP contribution in [0.25, 0.3) is 28.4 Å². The van der Waals surface area contributed by atoms with Gasteiger partial charge in [-0.25, -0.2) is 4.79 Å². The van der Waals surface area contributed by atoms with E-state index >= 15 is 0 Å². The van der Waals surface area contributed by atoms with Gasteiger partial charge < -0.3 is 84.3 Å². The van der Waals surface area contributed by atoms with Crippen molar-refractivity contribution in [3.8, 4) is 51.6 Å². The first-order valence-electron chi connectivity index (χ1n) is 16.5. The van der Waals surface area contributed by atoms with Crippen molar-refractivity contribution in [3.05, 3.63) is 70.4 Å². The molecular weight excluding hydrogens is 736 g/mol. The van der Waals surface area contributed by atoms with Crippen LogP contribution in [0.15, 0.2) is 63.8 Å². The smallest absolute Gasteiger partial charge is 0.331 e. The van der Waals surface area contributed by atoms with E-state index in [4.69, 9.17) is 28.1 Å². The predicted octanol–water partition coefficient (Wildman–Crippen LogP) is -0.0116. The zero-order valence-electron chi connectivity index (χ0n) is 28.4. The topological polar surface area (TPSA) is 316 Å². The van der Waals surface area contributed by atoms with E-state index in [0.29, 0.717) is 5.56 Å². The number of phenols is 6. The molecule has 0 amide bonds. The first-order chi connectivity index (χ1) is 26.0. The molecule has 0 unspecified atom stereocenters. The summed E-state index contributed by atoms with van der Waals surface area (Å²) < 4.78 is 33.9. The summed E-state index contributed by atoms with van der Waals surface area (Å²) in [5, 5.41) is 113. The Bertz CT molecular complexity index is 2150. The third-order valence-electron chi connectivity index (χ3n) is 8.93. The summed E-state index contributed by atoms with van der Waals surface area (Å²) in [7, 11) is 0. The van der Waals surface area contributed by atoms with E-state index < -0.39 is 131 Å². The number of esters is 1. The number of aliphatic hydroxyl groups is 5. The zero-order chi connectivity index (χ0) is 39.9. The quantitative estimate of drug-likeness (QED) is 0.0605. The number of carbonyl (C=O) groups is 1. The molecule has 55 heavy (non-hydrogen) atoms. The lowest BCUT2D eigenvalue weighted by Gasteiger charge is -2.43. The molecule has 3 heterocycles. The van der Waals surface area contributed by atoms with Gasteiger partial charge in [-0.15, -0.1) is 0 Å². The van der Waals surface area contributed by atoms with Crippen LogP contribution in [0.3, 0.4) is 0 Å². The first-order valence-corrected chi connectivity index (χ1v) is 16.5. The molecule has 6 rings (SSSR count). The van der Waals surface area contributed by atoms with Crippen LogP contribution in [0.1, 0.15) is 12.5 Å². The van der Waals surface area contributed by atoms with Crippen LogP contribution in [0.5, 0.6) is 40.2 Å². The summed E-state index contributed by atoms with van der Waals surface area (Å²) in [6.45, 7) is 0.669. The molecule has 0 saturated carbocycles. The molecule has 2 fully saturated rings. The van der Waals surface area contributed by atoms with E-state index in [9.17, 15) is 65.8 Å². The molecule has 3 aromatic carbocycles. The van der Waals surface area contributed by atoms with Gasteiger partial charge in [-0.1, -0.05) is 6.07 Å². The monoisotopic (exact) mass is 772 g/mol. The van der Waals surface area contributed by atoms with Gasteiger partial charge in [0.05, 0.1) is 12.7 Å². The zero-order valence-corrected chi connectivity index (χ0v) is 28.4. The maximum Gasteiger partial charge on any atom is 0.331 e. The molecule has 19 nitrogen and oxygen atoms in total. The van der Waals surface area contributed by atoms with Crippen LogP contribution in [0.4, 0.5) is 0 Å². The van der Waals surface area contributed by atoms with Crippen molar-refractivity contribution in [2.24, 2.45) is 0 Å². The van der Waals surface area contributed by atoms with Crippen LogP contribution < -0.4 is 10.2 Å². The summed E-state index contributed by atoms with van der Waals surface area (Å²) in [6, 6.07) is 8.86. The van der Waals surface area contributed by atoms with Gasteiger partial charge in [-0.3, -0.25) is 4.79 Å². The second-order valence-corrected chi connectivity index (χ2v) is 12.8. The third kappa shape index (κ3) is 7.95. The summed E-state index contributed by atoms with van der Waals surface area (Å²) >= 11 is 0. The molecule has 1 aromatic heterocycles. The second kappa shape index (κ2) is 15.6. The number of aromatic hydroxyl groups is 6. The number of aliphatic hydroxyl groups excluding tert-OH is 5. The van der Waals surface area contributed by atoms with Gasteiger partial charge in [0.1, 0.15) is 59.1 Å². The molecule has 2 aliphatic rings. The summed E-state index contributed by atoms with van der Waals surface area (Å²) in [4.78, 5) is 26.5. The van der Waals surface area contributed by atoms with Crippen molar-refractivity contribution in [2.45, 2.75) is 68.3 Å². The number of rotatable bonds is 9. The van der Waals surface area contributed by atoms with E-state index in [1.165, 1.54) is 31.2 Å². The minimum atomic E-state index is -2.05. The van der Waals surface area contributed by atoms with Gasteiger partial charge in [0.25, 0.3) is 0 Å². The predicted molar refractivity (Wildman–Crippen MR) is 183 cm³/mol. The average Bonchev–Trinajstić information content (AvgIpc) is 3.13. The minimum absolute atomic E-state index is 0.0705. The highest BCUT2D eigenvalue weighted by Crippen LogP contribution is 2.39. The molecule has 0 spiro atoms. The molecule has 11 N–H and O–H groups in total. The molecule has 0 bridgehead atoms. The number of hydrogen-bond donors (Lipinski definition) is 11. The number of ether oxygens (including phenoxy) is 5. The van der Waals surface area contributed by atoms with Crippen LogP contribution in [0, 0.1) is 0 Å². The first kappa shape index (κ1) is 39.1. The summed E-state index contributed by atoms with van der Waals surface area (Å²) in [6.07, 6.45) is -15.1. The van der Waals surface area contributed by atoms with E-state index in [2.05, 4.69) is 0 Å². The Balaban J connectivity index is 1.24. The lowest BCUT2D eigenvalue weighted by molar-refractivity contribution is -0.319. The number of hydrogen-bond acceptors (Lipinski definition) is 19. The van der Waals surface area contributed by atoms with Crippen molar-refractivity contribution < 1.29 is 89.1 Å². The lowest BCUT2D eigenvalue weighted by atomic mass is 9.98. The Kier molecular flexibility index (Phi) is 11.1. The van der Waals surface area contributed by atoms with Crippen LogP contribution >= 0.6 is 0 Å². The van der Waals surface area contributed by atoms with Gasteiger partial charge in [-0.05, 0) is 48.9 Å². The van der Waals surface area contributed by atoms with E-state index in [0.717, 1.165) is 36.4 Å². The van der Waals surface area contributed by atoms with Crippen LogP contribution in [-0.4, -0.2) is 130 Å². The Morgan fingerprint density at radius 3 is 2.13 bits per heavy atom. The molecule has 19 heteroatoms. The molecule has 2 saturated heterocycles. The number of fused-ring (bicyclic) bond motifs is 1. The largest absolute Gasteiger partial charge is 0.508 e. The third-order valence-corrected chi connectivity index (χ3v) is 8.93. The van der Waals surface area contributed by atoms with E-state index in [1.54, 1.807) is 0 Å². The van der Waals surface area contributed by atoms with Crippen molar-refractivity contribution in [1.82, 2.24) is 0 Å². The van der Waals surface area contributed by atoms with Gasteiger partial charge >= 0.3 is 5.97 Å². The number of carbonyl (C=O) groups excluding carboxylic acids is 1.